The lowest BCUT2D eigenvalue weighted by atomic mass is 10.0. The largest absolute Gasteiger partial charge is 0.354 e. The van der Waals surface area contributed by atoms with Gasteiger partial charge in [-0.25, -0.2) is 9.20 Å². The molecule has 0 aliphatic carbocycles. The molecular formula is C20H26N6O2S. The molecule has 154 valence electrons. The lowest BCUT2D eigenvalue weighted by Crippen LogP contribution is -2.40. The topological polar surface area (TPSA) is 84.5 Å². The minimum atomic E-state index is -0.319. The first kappa shape index (κ1) is 19.8. The van der Waals surface area contributed by atoms with Gasteiger partial charge in [0.2, 0.25) is 5.91 Å². The molecule has 3 aromatic heterocycles. The lowest BCUT2D eigenvalue weighted by molar-refractivity contribution is -0.121. The van der Waals surface area contributed by atoms with Crippen LogP contribution in [0.1, 0.15) is 32.6 Å². The van der Waals surface area contributed by atoms with Gasteiger partial charge < -0.3 is 10.2 Å². The van der Waals surface area contributed by atoms with Crippen LogP contribution in [0.5, 0.6) is 0 Å². The molecule has 0 bridgehead atoms. The van der Waals surface area contributed by atoms with Crippen LogP contribution < -0.4 is 10.9 Å². The van der Waals surface area contributed by atoms with Crippen molar-refractivity contribution < 1.29 is 4.79 Å². The Morgan fingerprint density at radius 3 is 3.07 bits per heavy atom. The molecule has 1 aliphatic heterocycles. The molecular weight excluding hydrogens is 388 g/mol. The third kappa shape index (κ3) is 4.56. The van der Waals surface area contributed by atoms with E-state index < -0.39 is 0 Å². The first-order valence-electron chi connectivity index (χ1n) is 10.1. The fourth-order valence-electron chi connectivity index (χ4n) is 3.79. The fourth-order valence-corrected chi connectivity index (χ4v) is 4.47. The number of hydrogen-bond donors (Lipinski definition) is 1. The molecule has 1 unspecified atom stereocenters. The maximum atomic E-state index is 12.7. The Morgan fingerprint density at radius 1 is 1.38 bits per heavy atom. The summed E-state index contributed by atoms with van der Waals surface area (Å²) in [4.78, 5) is 28.4. The predicted molar refractivity (Wildman–Crippen MR) is 113 cm³/mol. The summed E-state index contributed by atoms with van der Waals surface area (Å²) in [5.74, 6) is -0.200. The Labute approximate surface area is 173 Å². The highest BCUT2D eigenvalue weighted by Gasteiger charge is 2.17. The Balaban J connectivity index is 1.33. The van der Waals surface area contributed by atoms with E-state index in [0.717, 1.165) is 30.1 Å². The van der Waals surface area contributed by atoms with E-state index in [-0.39, 0.29) is 18.0 Å². The molecule has 0 saturated carbocycles. The summed E-state index contributed by atoms with van der Waals surface area (Å²) in [6, 6.07) is 6.26. The van der Waals surface area contributed by atoms with Crippen LogP contribution in [-0.4, -0.2) is 55.9 Å². The highest BCUT2D eigenvalue weighted by molar-refractivity contribution is 7.13. The molecule has 0 radical (unpaired) electrons. The Hall–Kier alpha value is -2.52. The molecule has 29 heavy (non-hydrogen) atoms. The van der Waals surface area contributed by atoms with Crippen molar-refractivity contribution >= 4 is 22.8 Å². The van der Waals surface area contributed by atoms with Gasteiger partial charge in [0.25, 0.3) is 5.56 Å². The number of hydrogen-bond acceptors (Lipinski definition) is 6. The second kappa shape index (κ2) is 8.87. The number of nitrogens with one attached hydrogen (secondary N) is 1. The van der Waals surface area contributed by atoms with Gasteiger partial charge in [-0.2, -0.15) is 10.2 Å². The van der Waals surface area contributed by atoms with Crippen molar-refractivity contribution in [3.63, 3.8) is 0 Å². The smallest absolute Gasteiger partial charge is 0.293 e. The van der Waals surface area contributed by atoms with Crippen LogP contribution in [0.25, 0.3) is 16.1 Å². The van der Waals surface area contributed by atoms with Gasteiger partial charge in [-0.05, 0) is 50.2 Å². The molecule has 1 atom stereocenters. The average Bonchev–Trinajstić information content (AvgIpc) is 3.38. The molecule has 1 saturated heterocycles. The number of aromatic nitrogens is 4. The molecule has 4 heterocycles. The van der Waals surface area contributed by atoms with E-state index in [0.29, 0.717) is 18.1 Å². The number of rotatable bonds is 7. The van der Waals surface area contributed by atoms with Crippen molar-refractivity contribution in [2.45, 2.75) is 45.2 Å². The van der Waals surface area contributed by atoms with Gasteiger partial charge in [-0.3, -0.25) is 9.59 Å². The van der Waals surface area contributed by atoms with Crippen LogP contribution in [0.15, 0.2) is 34.7 Å². The maximum Gasteiger partial charge on any atom is 0.293 e. The molecule has 1 N–H and O–H groups in total. The first-order valence-corrected chi connectivity index (χ1v) is 11.0. The predicted octanol–water partition coefficient (Wildman–Crippen LogP) is 2.00. The number of piperidine rings is 1. The molecule has 8 nitrogen and oxygen atoms in total. The highest BCUT2D eigenvalue weighted by atomic mass is 32.1. The molecule has 1 aliphatic rings. The Bertz CT molecular complexity index is 1030. The monoisotopic (exact) mass is 414 g/mol. The molecule has 4 rings (SSSR count). The molecule has 1 fully saturated rings. The summed E-state index contributed by atoms with van der Waals surface area (Å²) >= 11 is 1.56. The van der Waals surface area contributed by atoms with Crippen molar-refractivity contribution in [3.05, 3.63) is 40.3 Å². The van der Waals surface area contributed by atoms with E-state index in [9.17, 15) is 9.59 Å². The van der Waals surface area contributed by atoms with Crippen LogP contribution in [-0.2, 0) is 11.3 Å². The van der Waals surface area contributed by atoms with E-state index >= 15 is 0 Å². The number of amides is 1. The van der Waals surface area contributed by atoms with Crippen molar-refractivity contribution in [2.24, 2.45) is 0 Å². The zero-order valence-corrected chi connectivity index (χ0v) is 17.4. The van der Waals surface area contributed by atoms with Crippen LogP contribution in [0.4, 0.5) is 0 Å². The number of carbonyl (C=O) groups excluding carboxylic acids is 1. The minimum Gasteiger partial charge on any atom is -0.354 e. The van der Waals surface area contributed by atoms with Crippen LogP contribution in [0, 0.1) is 0 Å². The van der Waals surface area contributed by atoms with Gasteiger partial charge in [-0.1, -0.05) is 12.5 Å². The lowest BCUT2D eigenvalue weighted by Gasteiger charge is -2.33. The van der Waals surface area contributed by atoms with Gasteiger partial charge in [0.1, 0.15) is 24.1 Å². The van der Waals surface area contributed by atoms with E-state index in [1.807, 2.05) is 17.5 Å². The number of thiophene rings is 1. The summed E-state index contributed by atoms with van der Waals surface area (Å²) in [6.45, 7) is 4.93. The summed E-state index contributed by atoms with van der Waals surface area (Å²) in [7, 11) is 0. The zero-order valence-electron chi connectivity index (χ0n) is 16.6. The van der Waals surface area contributed by atoms with Gasteiger partial charge in [0, 0.05) is 19.1 Å². The van der Waals surface area contributed by atoms with Crippen LogP contribution in [0.2, 0.25) is 0 Å². The van der Waals surface area contributed by atoms with Crippen molar-refractivity contribution in [1.82, 2.24) is 29.6 Å². The van der Waals surface area contributed by atoms with E-state index in [1.165, 1.54) is 34.8 Å². The minimum absolute atomic E-state index is 0.0883. The summed E-state index contributed by atoms with van der Waals surface area (Å²) in [6.07, 6.45) is 6.21. The second-order valence-electron chi connectivity index (χ2n) is 7.51. The van der Waals surface area contributed by atoms with Crippen molar-refractivity contribution in [1.29, 1.82) is 0 Å². The number of likely N-dealkylation sites (tertiary alicyclic amines) is 1. The van der Waals surface area contributed by atoms with Crippen LogP contribution in [0.3, 0.4) is 0 Å². The fraction of sp³-hybridized carbons (Fsp3) is 0.500. The van der Waals surface area contributed by atoms with E-state index in [2.05, 4.69) is 27.3 Å². The van der Waals surface area contributed by atoms with Gasteiger partial charge >= 0.3 is 0 Å². The third-order valence-electron chi connectivity index (χ3n) is 5.44. The summed E-state index contributed by atoms with van der Waals surface area (Å²) < 4.78 is 2.66. The summed E-state index contributed by atoms with van der Waals surface area (Å²) in [5, 5.41) is 13.4. The van der Waals surface area contributed by atoms with Crippen molar-refractivity contribution in [3.8, 4) is 10.6 Å². The molecule has 9 heteroatoms. The Morgan fingerprint density at radius 2 is 2.28 bits per heavy atom. The number of carbonyl (C=O) groups is 1. The first-order chi connectivity index (χ1) is 14.1. The number of nitrogens with zero attached hydrogens (tertiary/aromatic N) is 5. The average molecular weight is 415 g/mol. The van der Waals surface area contributed by atoms with E-state index in [1.54, 1.807) is 17.4 Å². The van der Waals surface area contributed by atoms with Gasteiger partial charge in [0.05, 0.1) is 4.88 Å². The standard InChI is InChI=1S/C20H26N6O2S/c1-15-6-2-3-9-24(15)10-5-8-21-19(27)13-25-20(28)17-12-16(18-7-4-11-29-18)23-26(17)14-22-25/h4,7,11-12,14-15H,2-3,5-6,8-10,13H2,1H3,(H,21,27). The summed E-state index contributed by atoms with van der Waals surface area (Å²) in [5.41, 5.74) is 0.823. The van der Waals surface area contributed by atoms with Crippen LogP contribution >= 0.6 is 11.3 Å². The molecule has 3 aromatic rings. The number of fused-ring (bicyclic) bond motifs is 1. The molecule has 0 spiro atoms. The molecule has 1 amide bonds. The second-order valence-corrected chi connectivity index (χ2v) is 8.46. The zero-order chi connectivity index (χ0) is 20.2. The SMILES string of the molecule is CC1CCCCN1CCCNC(=O)Cn1ncn2nc(-c3cccs3)cc2c1=O. The third-order valence-corrected chi connectivity index (χ3v) is 6.33. The molecule has 0 aromatic carbocycles. The van der Waals surface area contributed by atoms with Gasteiger partial charge in [0.15, 0.2) is 0 Å². The maximum absolute atomic E-state index is 12.7. The van der Waals surface area contributed by atoms with Crippen molar-refractivity contribution in [2.75, 3.05) is 19.6 Å². The van der Waals surface area contributed by atoms with Gasteiger partial charge in [-0.15, -0.1) is 11.3 Å². The Kier molecular flexibility index (Phi) is 6.05. The highest BCUT2D eigenvalue weighted by Crippen LogP contribution is 2.23. The normalized spacial score (nSPS) is 17.6. The van der Waals surface area contributed by atoms with E-state index in [4.69, 9.17) is 0 Å². The quantitative estimate of drug-likeness (QED) is 0.598.